The van der Waals surface area contributed by atoms with Gasteiger partial charge >= 0.3 is 0 Å². The summed E-state index contributed by atoms with van der Waals surface area (Å²) in [5, 5.41) is 2.88. The molecule has 0 radical (unpaired) electrons. The number of nitrogens with zero attached hydrogens (tertiary/aromatic N) is 3. The molecule has 1 saturated heterocycles. The molecule has 2 aromatic carbocycles. The van der Waals surface area contributed by atoms with Gasteiger partial charge in [-0.15, -0.1) is 0 Å². The molecule has 38 heavy (non-hydrogen) atoms. The van der Waals surface area contributed by atoms with Gasteiger partial charge in [-0.2, -0.15) is 4.31 Å². The Hall–Kier alpha value is -3.56. The van der Waals surface area contributed by atoms with Crippen LogP contribution in [0.15, 0.2) is 83.9 Å². The van der Waals surface area contributed by atoms with Gasteiger partial charge in [-0.3, -0.25) is 14.6 Å². The lowest BCUT2D eigenvalue weighted by Gasteiger charge is -2.29. The summed E-state index contributed by atoms with van der Waals surface area (Å²) in [6, 6.07) is 21.2. The van der Waals surface area contributed by atoms with E-state index in [0.717, 1.165) is 29.7 Å². The molecule has 1 N–H and O–H groups in total. The number of aryl methyl sites for hydroxylation is 1. The standard InChI is InChI=1S/C29H34N4O4S/c1-23(29(35)31-21-26-11-5-6-18-30-26)33(22-25-9-3-2-4-10-25)28(34)17-14-24-12-15-27(16-13-24)38(36,37)32-19-7-8-20-32/h2-6,9-13,15-16,18,23H,7-8,14,17,19-22H2,1H3,(H,31,35). The van der Waals surface area contributed by atoms with E-state index in [4.69, 9.17) is 0 Å². The third-order valence-electron chi connectivity index (χ3n) is 6.79. The van der Waals surface area contributed by atoms with E-state index in [1.807, 2.05) is 48.5 Å². The predicted molar refractivity (Wildman–Crippen MR) is 145 cm³/mol. The molecule has 4 rings (SSSR count). The van der Waals surface area contributed by atoms with Crippen molar-refractivity contribution >= 4 is 21.8 Å². The van der Waals surface area contributed by atoms with E-state index < -0.39 is 16.1 Å². The first-order chi connectivity index (χ1) is 18.3. The predicted octanol–water partition coefficient (Wildman–Crippen LogP) is 3.53. The highest BCUT2D eigenvalue weighted by atomic mass is 32.2. The maximum absolute atomic E-state index is 13.4. The summed E-state index contributed by atoms with van der Waals surface area (Å²) in [5.74, 6) is -0.403. The average Bonchev–Trinajstić information content (AvgIpc) is 3.51. The Kier molecular flexibility index (Phi) is 9.25. The van der Waals surface area contributed by atoms with Gasteiger partial charge in [-0.1, -0.05) is 48.5 Å². The van der Waals surface area contributed by atoms with Crippen LogP contribution in [0.4, 0.5) is 0 Å². The topological polar surface area (TPSA) is 99.7 Å². The Morgan fingerprint density at radius 2 is 1.63 bits per heavy atom. The fourth-order valence-electron chi connectivity index (χ4n) is 4.49. The Labute approximate surface area is 224 Å². The summed E-state index contributed by atoms with van der Waals surface area (Å²) in [7, 11) is -3.47. The van der Waals surface area contributed by atoms with Crippen LogP contribution in [-0.4, -0.2) is 53.6 Å². The lowest BCUT2D eigenvalue weighted by molar-refractivity contribution is -0.140. The lowest BCUT2D eigenvalue weighted by atomic mass is 10.1. The Bertz CT molecular complexity index is 1310. The van der Waals surface area contributed by atoms with Crippen LogP contribution in [0.2, 0.25) is 0 Å². The van der Waals surface area contributed by atoms with Crippen molar-refractivity contribution in [3.63, 3.8) is 0 Å². The molecule has 9 heteroatoms. The number of sulfonamides is 1. The lowest BCUT2D eigenvalue weighted by Crippen LogP contribution is -2.47. The van der Waals surface area contributed by atoms with Crippen molar-refractivity contribution in [1.82, 2.24) is 19.5 Å². The number of pyridine rings is 1. The first kappa shape index (κ1) is 27.5. The van der Waals surface area contributed by atoms with Gasteiger partial charge < -0.3 is 10.2 Å². The van der Waals surface area contributed by atoms with Crippen molar-refractivity contribution in [1.29, 1.82) is 0 Å². The maximum atomic E-state index is 13.4. The van der Waals surface area contributed by atoms with Crippen molar-refractivity contribution < 1.29 is 18.0 Å². The van der Waals surface area contributed by atoms with Gasteiger partial charge in [0.1, 0.15) is 6.04 Å². The molecule has 1 aromatic heterocycles. The second-order valence-electron chi connectivity index (χ2n) is 9.48. The molecule has 200 valence electrons. The summed E-state index contributed by atoms with van der Waals surface area (Å²) >= 11 is 0. The van der Waals surface area contributed by atoms with Gasteiger partial charge in [0.2, 0.25) is 21.8 Å². The monoisotopic (exact) mass is 534 g/mol. The van der Waals surface area contributed by atoms with Gasteiger partial charge in [0.05, 0.1) is 17.1 Å². The number of nitrogens with one attached hydrogen (secondary N) is 1. The molecular weight excluding hydrogens is 500 g/mol. The highest BCUT2D eigenvalue weighted by molar-refractivity contribution is 7.89. The molecule has 1 aliphatic heterocycles. The molecule has 1 aliphatic rings. The summed E-state index contributed by atoms with van der Waals surface area (Å²) in [5.41, 5.74) is 2.54. The van der Waals surface area contributed by atoms with Gasteiger partial charge in [0, 0.05) is 32.3 Å². The van der Waals surface area contributed by atoms with Gasteiger partial charge in [0.25, 0.3) is 0 Å². The molecule has 3 aromatic rings. The number of carbonyl (C=O) groups is 2. The minimum atomic E-state index is -3.47. The van der Waals surface area contributed by atoms with Crippen molar-refractivity contribution in [3.8, 4) is 0 Å². The van der Waals surface area contributed by atoms with Gasteiger partial charge in [0.15, 0.2) is 0 Å². The minimum absolute atomic E-state index is 0.150. The third kappa shape index (κ3) is 7.05. The maximum Gasteiger partial charge on any atom is 0.243 e. The molecule has 2 heterocycles. The number of rotatable bonds is 11. The molecule has 1 fully saturated rings. The van der Waals surface area contributed by atoms with Crippen LogP contribution in [0.3, 0.4) is 0 Å². The fraction of sp³-hybridized carbons (Fsp3) is 0.345. The van der Waals surface area contributed by atoms with Crippen LogP contribution in [0.25, 0.3) is 0 Å². The Morgan fingerprint density at radius 1 is 0.947 bits per heavy atom. The van der Waals surface area contributed by atoms with Crippen LogP contribution in [0.1, 0.15) is 43.0 Å². The molecule has 1 unspecified atom stereocenters. The molecule has 0 saturated carbocycles. The molecular formula is C29H34N4O4S. The quantitative estimate of drug-likeness (QED) is 0.406. The fourth-order valence-corrected chi connectivity index (χ4v) is 6.01. The van der Waals surface area contributed by atoms with Crippen molar-refractivity contribution in [3.05, 3.63) is 95.8 Å². The minimum Gasteiger partial charge on any atom is -0.349 e. The number of amides is 2. The van der Waals surface area contributed by atoms with Crippen LogP contribution >= 0.6 is 0 Å². The molecule has 2 amide bonds. The largest absolute Gasteiger partial charge is 0.349 e. The molecule has 0 aliphatic carbocycles. The van der Waals surface area contributed by atoms with Crippen LogP contribution in [-0.2, 0) is 39.1 Å². The Morgan fingerprint density at radius 3 is 2.29 bits per heavy atom. The van der Waals surface area contributed by atoms with Crippen molar-refractivity contribution in [2.24, 2.45) is 0 Å². The van der Waals surface area contributed by atoms with E-state index in [1.54, 1.807) is 42.3 Å². The molecule has 8 nitrogen and oxygen atoms in total. The van der Waals surface area contributed by atoms with Gasteiger partial charge in [-0.05, 0) is 61.6 Å². The molecule has 0 bridgehead atoms. The zero-order valence-electron chi connectivity index (χ0n) is 21.6. The summed E-state index contributed by atoms with van der Waals surface area (Å²) in [4.78, 5) is 32.4. The smallest absolute Gasteiger partial charge is 0.243 e. The van der Waals surface area contributed by atoms with E-state index in [-0.39, 0.29) is 29.7 Å². The average molecular weight is 535 g/mol. The van der Waals surface area contributed by atoms with Crippen LogP contribution in [0.5, 0.6) is 0 Å². The number of benzene rings is 2. The second-order valence-corrected chi connectivity index (χ2v) is 11.4. The Balaban J connectivity index is 1.40. The molecule has 1 atom stereocenters. The first-order valence-electron chi connectivity index (χ1n) is 12.9. The van der Waals surface area contributed by atoms with Crippen LogP contribution in [0, 0.1) is 0 Å². The number of hydrogen-bond acceptors (Lipinski definition) is 5. The van der Waals surface area contributed by atoms with E-state index in [1.165, 1.54) is 4.31 Å². The summed E-state index contributed by atoms with van der Waals surface area (Å²) in [6.45, 7) is 3.44. The number of hydrogen-bond donors (Lipinski definition) is 1. The van der Waals surface area contributed by atoms with Crippen molar-refractivity contribution in [2.45, 2.75) is 56.6 Å². The second kappa shape index (κ2) is 12.8. The van der Waals surface area contributed by atoms with E-state index in [2.05, 4.69) is 10.3 Å². The van der Waals surface area contributed by atoms with Gasteiger partial charge in [-0.25, -0.2) is 8.42 Å². The van der Waals surface area contributed by atoms with Crippen molar-refractivity contribution in [2.75, 3.05) is 13.1 Å². The van der Waals surface area contributed by atoms with E-state index in [0.29, 0.717) is 26.1 Å². The summed E-state index contributed by atoms with van der Waals surface area (Å²) < 4.78 is 27.1. The number of carbonyl (C=O) groups excluding carboxylic acids is 2. The highest BCUT2D eigenvalue weighted by Gasteiger charge is 2.28. The summed E-state index contributed by atoms with van der Waals surface area (Å²) in [6.07, 6.45) is 4.08. The first-order valence-corrected chi connectivity index (χ1v) is 14.4. The number of aromatic nitrogens is 1. The zero-order chi connectivity index (χ0) is 27.0. The SMILES string of the molecule is CC(C(=O)NCc1ccccn1)N(Cc1ccccc1)C(=O)CCc1ccc(S(=O)(=O)N2CCCC2)cc1. The third-order valence-corrected chi connectivity index (χ3v) is 8.70. The normalized spacial score (nSPS) is 14.7. The highest BCUT2D eigenvalue weighted by Crippen LogP contribution is 2.21. The van der Waals surface area contributed by atoms with E-state index in [9.17, 15) is 18.0 Å². The molecule has 0 spiro atoms. The van der Waals surface area contributed by atoms with E-state index >= 15 is 0 Å². The van der Waals surface area contributed by atoms with Crippen LogP contribution < -0.4 is 5.32 Å². The zero-order valence-corrected chi connectivity index (χ0v) is 22.4.